The summed E-state index contributed by atoms with van der Waals surface area (Å²) >= 11 is 1.41. The molecule has 0 bridgehead atoms. The van der Waals surface area contributed by atoms with E-state index >= 15 is 0 Å². The van der Waals surface area contributed by atoms with Crippen LogP contribution in [0.15, 0.2) is 57.4 Å². The van der Waals surface area contributed by atoms with Gasteiger partial charge in [-0.15, -0.1) is 11.3 Å². The molecule has 3 heterocycles. The summed E-state index contributed by atoms with van der Waals surface area (Å²) in [6.45, 7) is 6.59. The first kappa shape index (κ1) is 31.2. The molecule has 1 amide bonds. The van der Waals surface area contributed by atoms with Gasteiger partial charge in [-0.25, -0.2) is 9.38 Å². The number of rotatable bonds is 11. The minimum atomic E-state index is -4.55. The number of alkyl halides is 3. The van der Waals surface area contributed by atoms with Crippen LogP contribution in [0.1, 0.15) is 41.2 Å². The van der Waals surface area contributed by atoms with Gasteiger partial charge in [-0.05, 0) is 44.8 Å². The van der Waals surface area contributed by atoms with Crippen molar-refractivity contribution in [2.75, 3.05) is 38.7 Å². The number of benzene rings is 1. The predicted octanol–water partition coefficient (Wildman–Crippen LogP) is 5.54. The number of halogens is 4. The number of amides is 1. The molecular formula is C28H32F4N6O3S. The molecule has 0 radical (unpaired) electrons. The van der Waals surface area contributed by atoms with Gasteiger partial charge in [-0.3, -0.25) is 4.79 Å². The zero-order chi connectivity index (χ0) is 30.5. The Labute approximate surface area is 244 Å². The number of carbonyl (C=O) groups excluding carboxylic acids is 1. The number of nitrogens with zero attached hydrogens (tertiary/aromatic N) is 3. The molecule has 9 nitrogen and oxygen atoms in total. The second kappa shape index (κ2) is 13.0. The molecule has 226 valence electrons. The molecule has 0 saturated carbocycles. The van der Waals surface area contributed by atoms with Crippen molar-refractivity contribution in [2.24, 2.45) is 10.1 Å². The van der Waals surface area contributed by atoms with Gasteiger partial charge in [-0.1, -0.05) is 11.2 Å². The van der Waals surface area contributed by atoms with Gasteiger partial charge in [0.2, 0.25) is 5.84 Å². The third-order valence-electron chi connectivity index (χ3n) is 6.70. The monoisotopic (exact) mass is 608 g/mol. The van der Waals surface area contributed by atoms with E-state index in [-0.39, 0.29) is 48.5 Å². The number of aliphatic imine (C=N–C) groups is 1. The molecule has 3 aromatic rings. The van der Waals surface area contributed by atoms with E-state index in [2.05, 4.69) is 32.8 Å². The smallest absolute Gasteiger partial charge is 0.392 e. The summed E-state index contributed by atoms with van der Waals surface area (Å²) < 4.78 is 61.6. The molecule has 0 spiro atoms. The van der Waals surface area contributed by atoms with Crippen LogP contribution in [0.5, 0.6) is 0 Å². The lowest BCUT2D eigenvalue weighted by Crippen LogP contribution is -2.26. The highest BCUT2D eigenvalue weighted by Crippen LogP contribution is 2.33. The number of thiophene rings is 1. The van der Waals surface area contributed by atoms with Crippen LogP contribution in [-0.4, -0.2) is 62.6 Å². The van der Waals surface area contributed by atoms with Crippen LogP contribution in [0.4, 0.5) is 23.2 Å². The summed E-state index contributed by atoms with van der Waals surface area (Å²) in [7, 11) is 1.59. The van der Waals surface area contributed by atoms with Crippen molar-refractivity contribution >= 4 is 46.4 Å². The van der Waals surface area contributed by atoms with Gasteiger partial charge in [-0.2, -0.15) is 13.2 Å². The molecule has 0 atom stereocenters. The molecule has 4 rings (SSSR count). The van der Waals surface area contributed by atoms with E-state index in [1.54, 1.807) is 30.7 Å². The summed E-state index contributed by atoms with van der Waals surface area (Å²) in [5.41, 5.74) is 1.02. The van der Waals surface area contributed by atoms with Crippen molar-refractivity contribution in [3.63, 3.8) is 0 Å². The van der Waals surface area contributed by atoms with Gasteiger partial charge in [0.05, 0.1) is 28.9 Å². The summed E-state index contributed by atoms with van der Waals surface area (Å²) in [5, 5.41) is 14.7. The Morgan fingerprint density at radius 1 is 1.26 bits per heavy atom. The molecule has 0 fully saturated rings. The molecule has 1 aliphatic rings. The molecule has 0 unspecified atom stereocenters. The SMILES string of the molecule is C=N/C(=N\OCCNC(=O)c1csc(C(C)(C)OC)c1)c1cc2c(NC3=C(F)CNCC3)cccc2n1CC(F)(F)F. The molecule has 1 aromatic carbocycles. The Balaban J connectivity index is 1.51. The fourth-order valence-corrected chi connectivity index (χ4v) is 5.31. The number of carbonyl (C=O) groups is 1. The zero-order valence-corrected chi connectivity index (χ0v) is 24.2. The van der Waals surface area contributed by atoms with E-state index in [1.165, 1.54) is 23.5 Å². The standard InChI is InChI=1S/C28H32F4N6O3S/c1-27(2,40-4)24-12-17(15-42-24)26(39)35-10-11-41-37-25(33-3)23-13-18-20(36-21-8-9-34-14-19(21)29)6-5-7-22(18)38(23)16-28(30,31)32/h5-7,12-13,15,34,36H,3,8-11,14,16H2,1-2,4H3,(H,35,39)/b37-25-. The van der Waals surface area contributed by atoms with Crippen LogP contribution in [0.3, 0.4) is 0 Å². The Morgan fingerprint density at radius 3 is 2.74 bits per heavy atom. The van der Waals surface area contributed by atoms with Crippen LogP contribution < -0.4 is 16.0 Å². The fraction of sp³-hybridized carbons (Fsp3) is 0.393. The average molecular weight is 609 g/mol. The Kier molecular flexibility index (Phi) is 9.69. The molecular weight excluding hydrogens is 576 g/mol. The normalized spacial score (nSPS) is 14.8. The van der Waals surface area contributed by atoms with Gasteiger partial charge >= 0.3 is 6.18 Å². The minimum absolute atomic E-state index is 0.0157. The average Bonchev–Trinajstić information content (AvgIpc) is 3.58. The van der Waals surface area contributed by atoms with Crippen molar-refractivity contribution < 1.29 is 31.9 Å². The van der Waals surface area contributed by atoms with Gasteiger partial charge < -0.3 is 30.1 Å². The second-order valence-electron chi connectivity index (χ2n) is 9.98. The summed E-state index contributed by atoms with van der Waals surface area (Å²) in [4.78, 5) is 22.5. The lowest BCUT2D eigenvalue weighted by Gasteiger charge is -2.20. The number of oxime groups is 1. The minimum Gasteiger partial charge on any atom is -0.392 e. The first-order valence-electron chi connectivity index (χ1n) is 13.1. The van der Waals surface area contributed by atoms with Crippen LogP contribution in [0.2, 0.25) is 0 Å². The van der Waals surface area contributed by atoms with E-state index in [9.17, 15) is 22.4 Å². The third-order valence-corrected chi connectivity index (χ3v) is 7.94. The molecule has 1 aliphatic heterocycles. The van der Waals surface area contributed by atoms with Crippen molar-refractivity contribution in [2.45, 2.75) is 38.6 Å². The number of hydrogen-bond acceptors (Lipinski definition) is 7. The van der Waals surface area contributed by atoms with Gasteiger partial charge in [0.25, 0.3) is 5.91 Å². The van der Waals surface area contributed by atoms with Gasteiger partial charge in [0.1, 0.15) is 19.0 Å². The predicted molar refractivity (Wildman–Crippen MR) is 156 cm³/mol. The maximum Gasteiger partial charge on any atom is 0.406 e. The number of nitrogens with one attached hydrogen (secondary N) is 3. The van der Waals surface area contributed by atoms with E-state index in [1.807, 2.05) is 13.8 Å². The van der Waals surface area contributed by atoms with Crippen molar-refractivity contribution in [3.05, 3.63) is 63.4 Å². The first-order chi connectivity index (χ1) is 19.9. The summed E-state index contributed by atoms with van der Waals surface area (Å²) in [5.74, 6) is -0.851. The Bertz CT molecular complexity index is 1510. The molecule has 2 aromatic heterocycles. The number of ether oxygens (including phenoxy) is 1. The topological polar surface area (TPSA) is 101 Å². The summed E-state index contributed by atoms with van der Waals surface area (Å²) in [6, 6.07) is 8.02. The zero-order valence-electron chi connectivity index (χ0n) is 23.4. The van der Waals surface area contributed by atoms with Crippen LogP contribution in [0, 0.1) is 0 Å². The maximum absolute atomic E-state index is 14.3. The van der Waals surface area contributed by atoms with Gasteiger partial charge in [0.15, 0.2) is 0 Å². The van der Waals surface area contributed by atoms with E-state index in [4.69, 9.17) is 9.57 Å². The molecule has 0 saturated heterocycles. The highest BCUT2D eigenvalue weighted by molar-refractivity contribution is 7.10. The van der Waals surface area contributed by atoms with Crippen molar-refractivity contribution in [1.29, 1.82) is 0 Å². The molecule has 0 aliphatic carbocycles. The van der Waals surface area contributed by atoms with E-state index in [0.717, 1.165) is 9.44 Å². The van der Waals surface area contributed by atoms with E-state index in [0.29, 0.717) is 35.3 Å². The Hall–Kier alpha value is -3.75. The second-order valence-corrected chi connectivity index (χ2v) is 10.9. The first-order valence-corrected chi connectivity index (χ1v) is 13.9. The third kappa shape index (κ3) is 7.36. The highest BCUT2D eigenvalue weighted by Gasteiger charge is 2.31. The number of fused-ring (bicyclic) bond motifs is 1. The number of amidine groups is 1. The number of methoxy groups -OCH3 is 1. The molecule has 42 heavy (non-hydrogen) atoms. The number of hydrogen-bond donors (Lipinski definition) is 3. The van der Waals surface area contributed by atoms with Crippen molar-refractivity contribution in [1.82, 2.24) is 15.2 Å². The Morgan fingerprint density at radius 2 is 2.05 bits per heavy atom. The van der Waals surface area contributed by atoms with E-state index < -0.39 is 18.3 Å². The van der Waals surface area contributed by atoms with Crippen LogP contribution in [0.25, 0.3) is 10.9 Å². The summed E-state index contributed by atoms with van der Waals surface area (Å²) in [6.07, 6.45) is -4.15. The lowest BCUT2D eigenvalue weighted by molar-refractivity contribution is -0.139. The quantitative estimate of drug-likeness (QED) is 0.0873. The fourth-order valence-electron chi connectivity index (χ4n) is 4.32. The highest BCUT2D eigenvalue weighted by atomic mass is 32.1. The molecule has 3 N–H and O–H groups in total. The number of aromatic nitrogens is 1. The largest absolute Gasteiger partial charge is 0.406 e. The number of anilines is 1. The van der Waals surface area contributed by atoms with Crippen LogP contribution >= 0.6 is 11.3 Å². The maximum atomic E-state index is 14.3. The van der Waals surface area contributed by atoms with Crippen LogP contribution in [-0.2, 0) is 21.7 Å². The van der Waals surface area contributed by atoms with Gasteiger partial charge in [0, 0.05) is 53.6 Å². The van der Waals surface area contributed by atoms with Crippen molar-refractivity contribution in [3.8, 4) is 0 Å². The lowest BCUT2D eigenvalue weighted by atomic mass is 10.1. The molecule has 14 heteroatoms.